The normalized spacial score (nSPS) is 25.4. The molecule has 8 aromatic rings. The number of aryl methyl sites for hydroxylation is 2. The van der Waals surface area contributed by atoms with Gasteiger partial charge in [-0.15, -0.1) is 0 Å². The Morgan fingerprint density at radius 1 is 0.560 bits per heavy atom. The number of hydrogen-bond donors (Lipinski definition) is 0. The van der Waals surface area contributed by atoms with Crippen LogP contribution in [0.4, 0.5) is 0 Å². The lowest BCUT2D eigenvalue weighted by Crippen LogP contribution is -2.28. The van der Waals surface area contributed by atoms with Crippen molar-refractivity contribution in [3.8, 4) is 11.1 Å². The van der Waals surface area contributed by atoms with Gasteiger partial charge in [-0.3, -0.25) is 9.97 Å². The van der Waals surface area contributed by atoms with E-state index in [9.17, 15) is 0 Å². The number of hydrogen-bond acceptors (Lipinski definition) is 2. The maximum absolute atomic E-state index is 5.47. The fraction of sp³-hybridized carbons (Fsp3) is 0.277. The van der Waals surface area contributed by atoms with Gasteiger partial charge in [0.15, 0.2) is 0 Å². The van der Waals surface area contributed by atoms with Crippen molar-refractivity contribution in [3.05, 3.63) is 147 Å². The van der Waals surface area contributed by atoms with Crippen LogP contribution in [0, 0.1) is 25.7 Å². The summed E-state index contributed by atoms with van der Waals surface area (Å²) in [7, 11) is 0. The van der Waals surface area contributed by atoms with Crippen molar-refractivity contribution in [2.75, 3.05) is 0 Å². The fourth-order valence-electron chi connectivity index (χ4n) is 12.6. The largest absolute Gasteiger partial charge is 0.305 e. The van der Waals surface area contributed by atoms with Crippen LogP contribution in [0.5, 0.6) is 0 Å². The number of aromatic nitrogens is 3. The van der Waals surface area contributed by atoms with E-state index in [0.717, 1.165) is 11.8 Å². The summed E-state index contributed by atoms with van der Waals surface area (Å²) in [6, 6.07) is 30.2. The molecule has 3 heteroatoms. The third-order valence-corrected chi connectivity index (χ3v) is 14.1. The molecule has 4 aromatic heterocycles. The van der Waals surface area contributed by atoms with Crippen molar-refractivity contribution in [2.24, 2.45) is 11.8 Å². The van der Waals surface area contributed by atoms with Gasteiger partial charge in [-0.2, -0.15) is 0 Å². The summed E-state index contributed by atoms with van der Waals surface area (Å²) >= 11 is 0. The molecule has 240 valence electrons. The monoisotopic (exact) mass is 643 g/mol. The van der Waals surface area contributed by atoms with Gasteiger partial charge in [0.25, 0.3) is 0 Å². The molecule has 2 fully saturated rings. The molecule has 6 bridgehead atoms. The van der Waals surface area contributed by atoms with E-state index in [4.69, 9.17) is 9.97 Å². The van der Waals surface area contributed by atoms with E-state index in [1.165, 1.54) is 132 Å². The van der Waals surface area contributed by atoms with Crippen LogP contribution in [0.3, 0.4) is 0 Å². The minimum atomic E-state index is 0.157. The molecule has 0 spiro atoms. The zero-order valence-electron chi connectivity index (χ0n) is 28.5. The van der Waals surface area contributed by atoms with Crippen molar-refractivity contribution < 1.29 is 0 Å². The number of nitrogens with zero attached hydrogens (tertiary/aromatic N) is 3. The third kappa shape index (κ3) is 3.07. The van der Waals surface area contributed by atoms with Crippen molar-refractivity contribution in [3.63, 3.8) is 0 Å². The Labute approximate surface area is 291 Å². The molecular formula is C47H37N3. The van der Waals surface area contributed by atoms with Gasteiger partial charge in [0.2, 0.25) is 0 Å². The molecule has 15 rings (SSSR count). The van der Waals surface area contributed by atoms with Crippen LogP contribution in [-0.2, 0) is 0 Å². The van der Waals surface area contributed by atoms with Gasteiger partial charge < -0.3 is 4.40 Å². The molecule has 0 radical (unpaired) electrons. The summed E-state index contributed by atoms with van der Waals surface area (Å²) in [6.07, 6.45) is 11.3. The summed E-state index contributed by atoms with van der Waals surface area (Å²) in [5.41, 5.74) is 20.7. The third-order valence-electron chi connectivity index (χ3n) is 14.1. The maximum atomic E-state index is 5.47. The van der Waals surface area contributed by atoms with Crippen LogP contribution in [-0.4, -0.2) is 14.4 Å². The Kier molecular flexibility index (Phi) is 4.83. The molecule has 50 heavy (non-hydrogen) atoms. The molecule has 4 aromatic carbocycles. The van der Waals surface area contributed by atoms with Crippen molar-refractivity contribution in [1.29, 1.82) is 0 Å². The minimum Gasteiger partial charge on any atom is -0.305 e. The zero-order chi connectivity index (χ0) is 32.6. The number of fused-ring (bicyclic) bond motifs is 6. The first-order chi connectivity index (χ1) is 24.6. The molecule has 2 saturated carbocycles. The van der Waals surface area contributed by atoms with E-state index < -0.39 is 0 Å². The highest BCUT2D eigenvalue weighted by atomic mass is 14.9. The Balaban J connectivity index is 1.21. The van der Waals surface area contributed by atoms with Crippen LogP contribution < -0.4 is 0 Å². The summed E-state index contributed by atoms with van der Waals surface area (Å²) in [4.78, 5) is 10.9. The first-order valence-corrected chi connectivity index (χ1v) is 18.9. The number of rotatable bonds is 1. The van der Waals surface area contributed by atoms with Gasteiger partial charge in [0.1, 0.15) is 0 Å². The highest BCUT2D eigenvalue weighted by molar-refractivity contribution is 6.26. The van der Waals surface area contributed by atoms with E-state index in [2.05, 4.69) is 110 Å². The Morgan fingerprint density at radius 3 is 1.72 bits per heavy atom. The average Bonchev–Trinajstić information content (AvgIpc) is 3.59. The minimum absolute atomic E-state index is 0.157. The number of pyridine rings is 2. The van der Waals surface area contributed by atoms with Gasteiger partial charge >= 0.3 is 0 Å². The molecule has 3 nitrogen and oxygen atoms in total. The van der Waals surface area contributed by atoms with Crippen LogP contribution >= 0.6 is 0 Å². The highest BCUT2D eigenvalue weighted by Gasteiger charge is 2.46. The Bertz CT molecular complexity index is 2740. The topological polar surface area (TPSA) is 30.2 Å². The van der Waals surface area contributed by atoms with Crippen molar-refractivity contribution in [2.45, 2.75) is 69.6 Å². The standard InChI is InChI=1S/C47H37N3/c1-23-8-7-9-24(2)38(23)28-19-34-42-36(21-48-45-29-17-25-14-26(18-29)16-27(15-25)39(42)45)50-37-22-49-46-41-32-12-5-3-10-30(32)40(31-11-4-6-13-33(31)41)44(46)43(37)35(20-28)47(34)50/h3-13,19-22,25-27,29,40-41H,14-18H2,1-2H3. The molecule has 0 amide bonds. The number of benzene rings is 4. The lowest BCUT2D eigenvalue weighted by atomic mass is 9.62. The first-order valence-electron chi connectivity index (χ1n) is 18.9. The first kappa shape index (κ1) is 26.8. The summed E-state index contributed by atoms with van der Waals surface area (Å²) < 4.78 is 2.58. The lowest BCUT2D eigenvalue weighted by molar-refractivity contribution is 0.165. The van der Waals surface area contributed by atoms with Crippen molar-refractivity contribution >= 4 is 38.1 Å². The molecule has 7 aliphatic carbocycles. The molecule has 7 aliphatic rings. The summed E-state index contributed by atoms with van der Waals surface area (Å²) in [5, 5.41) is 5.67. The van der Waals surface area contributed by atoms with E-state index in [1.54, 1.807) is 5.56 Å². The summed E-state index contributed by atoms with van der Waals surface area (Å²) in [6.45, 7) is 4.57. The van der Waals surface area contributed by atoms with Gasteiger partial charge in [0, 0.05) is 39.1 Å². The van der Waals surface area contributed by atoms with E-state index >= 15 is 0 Å². The van der Waals surface area contributed by atoms with E-state index in [-0.39, 0.29) is 11.8 Å². The summed E-state index contributed by atoms with van der Waals surface area (Å²) in [5.74, 6) is 3.28. The van der Waals surface area contributed by atoms with Crippen LogP contribution in [0.25, 0.3) is 49.2 Å². The van der Waals surface area contributed by atoms with Crippen molar-refractivity contribution in [1.82, 2.24) is 14.4 Å². The second-order valence-electron chi connectivity index (χ2n) is 16.6. The van der Waals surface area contributed by atoms with Gasteiger partial charge in [0.05, 0.1) is 40.6 Å². The molecule has 2 unspecified atom stereocenters. The van der Waals surface area contributed by atoms with Gasteiger partial charge in [-0.05, 0) is 131 Å². The Morgan fingerprint density at radius 2 is 1.10 bits per heavy atom. The lowest BCUT2D eigenvalue weighted by Gasteiger charge is -2.41. The Hall–Kier alpha value is -5.02. The van der Waals surface area contributed by atoms with Crippen LogP contribution in [0.1, 0.15) is 112 Å². The van der Waals surface area contributed by atoms with E-state index in [1.807, 2.05) is 0 Å². The zero-order valence-corrected chi connectivity index (χ0v) is 28.5. The molecule has 2 atom stereocenters. The average molecular weight is 644 g/mol. The molecular weight excluding hydrogens is 607 g/mol. The highest BCUT2D eigenvalue weighted by Crippen LogP contribution is 2.60. The van der Waals surface area contributed by atoms with E-state index in [0.29, 0.717) is 11.8 Å². The SMILES string of the molecule is Cc1cccc(C)c1-c1cc2c3c4c(ncc3n3c5cnc6c(c5c(c1)c23)C1c2ccccc2C6c2ccccc21)C1CC2CC(C1)CC4C2. The van der Waals surface area contributed by atoms with Gasteiger partial charge in [-0.25, -0.2) is 0 Å². The second kappa shape index (κ2) is 9.01. The molecule has 0 aliphatic heterocycles. The van der Waals surface area contributed by atoms with Crippen LogP contribution in [0.2, 0.25) is 0 Å². The molecule has 4 heterocycles. The quantitative estimate of drug-likeness (QED) is 0.178. The second-order valence-corrected chi connectivity index (χ2v) is 16.6. The molecule has 0 saturated heterocycles. The smallest absolute Gasteiger partial charge is 0.0728 e. The van der Waals surface area contributed by atoms with Gasteiger partial charge in [-0.1, -0.05) is 66.7 Å². The predicted octanol–water partition coefficient (Wildman–Crippen LogP) is 11.3. The predicted molar refractivity (Wildman–Crippen MR) is 202 cm³/mol. The maximum Gasteiger partial charge on any atom is 0.0728 e. The molecule has 0 N–H and O–H groups in total. The van der Waals surface area contributed by atoms with Crippen LogP contribution in [0.15, 0.2) is 91.3 Å². The fourth-order valence-corrected chi connectivity index (χ4v) is 12.6.